The molecule has 0 aromatic heterocycles. The summed E-state index contributed by atoms with van der Waals surface area (Å²) in [6.45, 7) is 5.13. The number of carbonyl (C=O) groups is 3. The summed E-state index contributed by atoms with van der Waals surface area (Å²) >= 11 is 0. The Hall–Kier alpha value is -1.79. The summed E-state index contributed by atoms with van der Waals surface area (Å²) < 4.78 is 0. The SMILES string of the molecule is CC(C)(CC(=O)O)NC(=O)NCCC(=O)N1CCCC1. The molecule has 0 radical (unpaired) electrons. The second-order valence-electron chi connectivity index (χ2n) is 5.67. The van der Waals surface area contributed by atoms with Crippen molar-refractivity contribution in [3.8, 4) is 0 Å². The molecule has 20 heavy (non-hydrogen) atoms. The highest BCUT2D eigenvalue weighted by molar-refractivity contribution is 5.79. The monoisotopic (exact) mass is 285 g/mol. The Labute approximate surface area is 118 Å². The summed E-state index contributed by atoms with van der Waals surface area (Å²) in [4.78, 5) is 35.8. The molecule has 0 saturated carbocycles. The van der Waals surface area contributed by atoms with Gasteiger partial charge in [0.1, 0.15) is 0 Å². The van der Waals surface area contributed by atoms with Gasteiger partial charge in [0, 0.05) is 31.6 Å². The molecule has 1 aliphatic heterocycles. The highest BCUT2D eigenvalue weighted by Gasteiger charge is 2.24. The van der Waals surface area contributed by atoms with Gasteiger partial charge in [0.15, 0.2) is 0 Å². The number of carbonyl (C=O) groups excluding carboxylic acids is 2. The van der Waals surface area contributed by atoms with E-state index in [0.717, 1.165) is 25.9 Å². The van der Waals surface area contributed by atoms with Crippen LogP contribution in [0.4, 0.5) is 4.79 Å². The molecule has 1 heterocycles. The van der Waals surface area contributed by atoms with Crippen LogP contribution in [-0.2, 0) is 9.59 Å². The van der Waals surface area contributed by atoms with Crippen LogP contribution in [0.25, 0.3) is 0 Å². The van der Waals surface area contributed by atoms with E-state index in [1.54, 1.807) is 18.7 Å². The first-order chi connectivity index (χ1) is 9.30. The van der Waals surface area contributed by atoms with Crippen molar-refractivity contribution < 1.29 is 19.5 Å². The normalized spacial score (nSPS) is 15.0. The Morgan fingerprint density at radius 2 is 1.80 bits per heavy atom. The third-order valence-electron chi connectivity index (χ3n) is 3.13. The summed E-state index contributed by atoms with van der Waals surface area (Å²) in [7, 11) is 0. The number of nitrogens with zero attached hydrogens (tertiary/aromatic N) is 1. The number of rotatable bonds is 6. The van der Waals surface area contributed by atoms with E-state index in [1.165, 1.54) is 0 Å². The second kappa shape index (κ2) is 7.12. The van der Waals surface area contributed by atoms with E-state index in [2.05, 4.69) is 10.6 Å². The van der Waals surface area contributed by atoms with E-state index in [4.69, 9.17) is 5.11 Å². The number of urea groups is 1. The maximum atomic E-state index is 11.7. The molecule has 0 aliphatic carbocycles. The molecule has 0 atom stereocenters. The molecule has 0 unspecified atom stereocenters. The number of aliphatic carboxylic acids is 1. The van der Waals surface area contributed by atoms with Crippen molar-refractivity contribution in [2.24, 2.45) is 0 Å². The number of hydrogen-bond acceptors (Lipinski definition) is 3. The lowest BCUT2D eigenvalue weighted by atomic mass is 10.0. The quantitative estimate of drug-likeness (QED) is 0.663. The van der Waals surface area contributed by atoms with E-state index in [9.17, 15) is 14.4 Å². The molecule has 3 amide bonds. The van der Waals surface area contributed by atoms with E-state index in [1.807, 2.05) is 0 Å². The Balaban J connectivity index is 2.22. The minimum absolute atomic E-state index is 0.0487. The fourth-order valence-electron chi connectivity index (χ4n) is 2.18. The molecule has 0 bridgehead atoms. The summed E-state index contributed by atoms with van der Waals surface area (Å²) in [6, 6.07) is -0.453. The molecule has 0 aromatic rings. The smallest absolute Gasteiger partial charge is 0.315 e. The van der Waals surface area contributed by atoms with E-state index >= 15 is 0 Å². The summed E-state index contributed by atoms with van der Waals surface area (Å²) in [6.07, 6.45) is 2.20. The zero-order valence-electron chi connectivity index (χ0n) is 12.1. The van der Waals surface area contributed by atoms with Crippen molar-refractivity contribution in [1.29, 1.82) is 0 Å². The Bertz CT molecular complexity index is 376. The lowest BCUT2D eigenvalue weighted by molar-refractivity contribution is -0.138. The first-order valence-corrected chi connectivity index (χ1v) is 6.86. The van der Waals surface area contributed by atoms with Crippen LogP contribution in [0.1, 0.15) is 39.5 Å². The summed E-state index contributed by atoms with van der Waals surface area (Å²) in [5.74, 6) is -0.924. The summed E-state index contributed by atoms with van der Waals surface area (Å²) in [5.41, 5.74) is -0.825. The number of amides is 3. The average molecular weight is 285 g/mol. The van der Waals surface area contributed by atoms with Crippen LogP contribution in [0.15, 0.2) is 0 Å². The van der Waals surface area contributed by atoms with Crippen LogP contribution < -0.4 is 10.6 Å². The third-order valence-corrected chi connectivity index (χ3v) is 3.13. The lowest BCUT2D eigenvalue weighted by Crippen LogP contribution is -2.49. The molecule has 0 spiro atoms. The van der Waals surface area contributed by atoms with Crippen molar-refractivity contribution in [2.45, 2.75) is 45.1 Å². The van der Waals surface area contributed by atoms with Gasteiger partial charge in [0.25, 0.3) is 0 Å². The fraction of sp³-hybridized carbons (Fsp3) is 0.769. The zero-order chi connectivity index (χ0) is 15.2. The van der Waals surface area contributed by atoms with Gasteiger partial charge >= 0.3 is 12.0 Å². The molecular weight excluding hydrogens is 262 g/mol. The maximum absolute atomic E-state index is 11.7. The van der Waals surface area contributed by atoms with Gasteiger partial charge in [-0.2, -0.15) is 0 Å². The highest BCUT2D eigenvalue weighted by atomic mass is 16.4. The van der Waals surface area contributed by atoms with Gasteiger partial charge in [0.2, 0.25) is 5.91 Å². The van der Waals surface area contributed by atoms with Crippen molar-refractivity contribution in [2.75, 3.05) is 19.6 Å². The Kier molecular flexibility index (Phi) is 5.79. The van der Waals surface area contributed by atoms with Crippen LogP contribution in [-0.4, -0.2) is 53.1 Å². The molecule has 7 nitrogen and oxygen atoms in total. The number of carboxylic acid groups (broad SMARTS) is 1. The Morgan fingerprint density at radius 3 is 2.35 bits per heavy atom. The lowest BCUT2D eigenvalue weighted by Gasteiger charge is -2.24. The maximum Gasteiger partial charge on any atom is 0.315 e. The van der Waals surface area contributed by atoms with Gasteiger partial charge in [-0.3, -0.25) is 9.59 Å². The third kappa shape index (κ3) is 5.90. The Morgan fingerprint density at radius 1 is 1.20 bits per heavy atom. The number of likely N-dealkylation sites (tertiary alicyclic amines) is 1. The zero-order valence-corrected chi connectivity index (χ0v) is 12.1. The van der Waals surface area contributed by atoms with Crippen molar-refractivity contribution in [3.05, 3.63) is 0 Å². The van der Waals surface area contributed by atoms with Gasteiger partial charge in [-0.1, -0.05) is 0 Å². The first kappa shape index (κ1) is 16.3. The molecule has 3 N–H and O–H groups in total. The van der Waals surface area contributed by atoms with E-state index < -0.39 is 17.5 Å². The van der Waals surface area contributed by atoms with E-state index in [0.29, 0.717) is 0 Å². The topological polar surface area (TPSA) is 98.7 Å². The predicted octanol–water partition coefficient (Wildman–Crippen LogP) is 0.551. The van der Waals surface area contributed by atoms with Gasteiger partial charge in [-0.15, -0.1) is 0 Å². The molecule has 1 fully saturated rings. The summed E-state index contributed by atoms with van der Waals surface area (Å²) in [5, 5.41) is 13.9. The van der Waals surface area contributed by atoms with E-state index in [-0.39, 0.29) is 25.3 Å². The van der Waals surface area contributed by atoms with Crippen molar-refractivity contribution in [3.63, 3.8) is 0 Å². The molecule has 1 aliphatic rings. The van der Waals surface area contributed by atoms with Crippen LogP contribution in [0.2, 0.25) is 0 Å². The number of nitrogens with one attached hydrogen (secondary N) is 2. The molecule has 1 saturated heterocycles. The van der Waals surface area contributed by atoms with Gasteiger partial charge in [0.05, 0.1) is 6.42 Å². The largest absolute Gasteiger partial charge is 0.481 e. The van der Waals surface area contributed by atoms with Gasteiger partial charge in [-0.05, 0) is 26.7 Å². The molecular formula is C13H23N3O4. The average Bonchev–Trinajstić information content (AvgIpc) is 2.78. The fourth-order valence-corrected chi connectivity index (χ4v) is 2.18. The van der Waals surface area contributed by atoms with Crippen LogP contribution in [0, 0.1) is 0 Å². The van der Waals surface area contributed by atoms with Gasteiger partial charge in [-0.25, -0.2) is 4.79 Å². The highest BCUT2D eigenvalue weighted by Crippen LogP contribution is 2.09. The standard InChI is InChI=1S/C13H23N3O4/c1-13(2,9-11(18)19)15-12(20)14-6-5-10(17)16-7-3-4-8-16/h3-9H2,1-2H3,(H,18,19)(H2,14,15,20). The predicted molar refractivity (Wildman–Crippen MR) is 73.3 cm³/mol. The molecule has 114 valence electrons. The van der Waals surface area contributed by atoms with Crippen molar-refractivity contribution in [1.82, 2.24) is 15.5 Å². The van der Waals surface area contributed by atoms with Crippen LogP contribution >= 0.6 is 0 Å². The van der Waals surface area contributed by atoms with Crippen LogP contribution in [0.3, 0.4) is 0 Å². The van der Waals surface area contributed by atoms with Crippen molar-refractivity contribution >= 4 is 17.9 Å². The first-order valence-electron chi connectivity index (χ1n) is 6.86. The minimum atomic E-state index is -0.973. The van der Waals surface area contributed by atoms with Crippen LogP contribution in [0.5, 0.6) is 0 Å². The van der Waals surface area contributed by atoms with Gasteiger partial charge < -0.3 is 20.6 Å². The number of carboxylic acids is 1. The molecule has 0 aromatic carbocycles. The minimum Gasteiger partial charge on any atom is -0.481 e. The second-order valence-corrected chi connectivity index (χ2v) is 5.67. The number of hydrogen-bond donors (Lipinski definition) is 3. The molecule has 1 rings (SSSR count). The molecule has 7 heteroatoms.